The number of carbonyl (C=O) groups excluding carboxylic acids is 1. The summed E-state index contributed by atoms with van der Waals surface area (Å²) >= 11 is 0. The summed E-state index contributed by atoms with van der Waals surface area (Å²) in [6, 6.07) is 19.0. The lowest BCUT2D eigenvalue weighted by atomic mass is 10.0. The Bertz CT molecular complexity index is 1050. The summed E-state index contributed by atoms with van der Waals surface area (Å²) < 4.78 is 0. The van der Waals surface area contributed by atoms with Gasteiger partial charge >= 0.3 is 0 Å². The third kappa shape index (κ3) is 3.73. The molecule has 0 aliphatic rings. The van der Waals surface area contributed by atoms with Gasteiger partial charge in [-0.25, -0.2) is 0 Å². The van der Waals surface area contributed by atoms with Crippen LogP contribution in [0.3, 0.4) is 0 Å². The normalized spacial score (nSPS) is 12.0. The van der Waals surface area contributed by atoms with Crippen molar-refractivity contribution in [2.24, 2.45) is 5.73 Å². The largest absolute Gasteiger partial charge is 0.361 e. The molecule has 1 amide bonds. The summed E-state index contributed by atoms with van der Waals surface area (Å²) in [7, 11) is 0. The number of hydrogen-bond acceptors (Lipinski definition) is 3. The first kappa shape index (κ1) is 17.0. The monoisotopic (exact) mass is 356 g/mol. The number of hydrogen-bond donors (Lipinski definition) is 3. The summed E-state index contributed by atoms with van der Waals surface area (Å²) in [5.41, 5.74) is 11.1. The highest BCUT2D eigenvalue weighted by atomic mass is 16.2. The Labute approximate surface area is 157 Å². The molecule has 0 bridgehead atoms. The summed E-state index contributed by atoms with van der Waals surface area (Å²) in [6.45, 7) is 0. The fourth-order valence-electron chi connectivity index (χ4n) is 3.16. The Balaban J connectivity index is 1.42. The number of pyridine rings is 1. The minimum absolute atomic E-state index is 0.197. The number of aromatic amines is 1. The van der Waals surface area contributed by atoms with E-state index in [1.165, 1.54) is 0 Å². The van der Waals surface area contributed by atoms with E-state index < -0.39 is 6.04 Å². The van der Waals surface area contributed by atoms with Crippen LogP contribution in [-0.2, 0) is 11.2 Å². The highest BCUT2D eigenvalue weighted by molar-refractivity contribution is 5.95. The van der Waals surface area contributed by atoms with Crippen LogP contribution in [-0.4, -0.2) is 21.9 Å². The molecule has 134 valence electrons. The van der Waals surface area contributed by atoms with Crippen molar-refractivity contribution in [1.29, 1.82) is 0 Å². The maximum absolute atomic E-state index is 12.5. The molecular formula is C22H20N4O. The number of rotatable bonds is 5. The summed E-state index contributed by atoms with van der Waals surface area (Å²) in [5.74, 6) is -0.197. The zero-order valence-corrected chi connectivity index (χ0v) is 14.7. The third-order valence-corrected chi connectivity index (χ3v) is 4.62. The zero-order valence-electron chi connectivity index (χ0n) is 14.7. The number of benzene rings is 2. The van der Waals surface area contributed by atoms with Crippen LogP contribution in [0.15, 0.2) is 79.3 Å². The fraction of sp³-hybridized carbons (Fsp3) is 0.0909. The molecule has 0 saturated heterocycles. The maximum atomic E-state index is 12.5. The van der Waals surface area contributed by atoms with Crippen LogP contribution in [0, 0.1) is 0 Å². The van der Waals surface area contributed by atoms with E-state index in [-0.39, 0.29) is 5.91 Å². The Morgan fingerprint density at radius 1 is 1.00 bits per heavy atom. The van der Waals surface area contributed by atoms with Gasteiger partial charge in [0, 0.05) is 35.2 Å². The van der Waals surface area contributed by atoms with Gasteiger partial charge in [-0.05, 0) is 53.4 Å². The van der Waals surface area contributed by atoms with Crippen LogP contribution in [0.4, 0.5) is 5.69 Å². The zero-order chi connectivity index (χ0) is 18.6. The van der Waals surface area contributed by atoms with Gasteiger partial charge in [-0.1, -0.05) is 30.3 Å². The molecule has 0 unspecified atom stereocenters. The van der Waals surface area contributed by atoms with E-state index in [4.69, 9.17) is 5.73 Å². The van der Waals surface area contributed by atoms with E-state index in [1.54, 1.807) is 12.4 Å². The van der Waals surface area contributed by atoms with Crippen LogP contribution in [0.1, 0.15) is 5.56 Å². The van der Waals surface area contributed by atoms with Crippen molar-refractivity contribution in [2.75, 3.05) is 5.32 Å². The first-order chi connectivity index (χ1) is 13.2. The highest BCUT2D eigenvalue weighted by Gasteiger charge is 2.16. The molecule has 2 aromatic carbocycles. The van der Waals surface area contributed by atoms with E-state index in [2.05, 4.69) is 15.3 Å². The number of nitrogens with two attached hydrogens (primary N) is 1. The fourth-order valence-corrected chi connectivity index (χ4v) is 3.16. The lowest BCUT2D eigenvalue weighted by Gasteiger charge is -2.12. The van der Waals surface area contributed by atoms with Gasteiger partial charge in [0.1, 0.15) is 0 Å². The Hall–Kier alpha value is -3.44. The van der Waals surface area contributed by atoms with Gasteiger partial charge in [0.2, 0.25) is 5.91 Å². The number of nitrogens with one attached hydrogen (secondary N) is 2. The number of amides is 1. The van der Waals surface area contributed by atoms with Gasteiger partial charge in [-0.2, -0.15) is 0 Å². The second kappa shape index (κ2) is 7.43. The van der Waals surface area contributed by atoms with Crippen molar-refractivity contribution in [1.82, 2.24) is 9.97 Å². The number of H-pyrrole nitrogens is 1. The van der Waals surface area contributed by atoms with Gasteiger partial charge < -0.3 is 16.0 Å². The smallest absolute Gasteiger partial charge is 0.241 e. The van der Waals surface area contributed by atoms with Crippen molar-refractivity contribution in [3.8, 4) is 11.1 Å². The SMILES string of the molecule is N[C@H](Cc1c[nH]c2ccccc12)C(=O)Nc1ccc(-c2ccncc2)cc1. The molecule has 0 saturated carbocycles. The molecule has 0 aliphatic heterocycles. The Morgan fingerprint density at radius 3 is 2.48 bits per heavy atom. The number of anilines is 1. The van der Waals surface area contributed by atoms with Crippen LogP contribution < -0.4 is 11.1 Å². The molecule has 0 radical (unpaired) electrons. The topological polar surface area (TPSA) is 83.8 Å². The molecular weight excluding hydrogens is 336 g/mol. The molecule has 2 aromatic heterocycles. The number of nitrogens with zero attached hydrogens (tertiary/aromatic N) is 1. The van der Waals surface area contributed by atoms with E-state index in [9.17, 15) is 4.79 Å². The molecule has 4 rings (SSSR count). The molecule has 4 N–H and O–H groups in total. The summed E-state index contributed by atoms with van der Waals surface area (Å²) in [4.78, 5) is 19.7. The molecule has 4 aromatic rings. The lowest BCUT2D eigenvalue weighted by molar-refractivity contribution is -0.117. The summed E-state index contributed by atoms with van der Waals surface area (Å²) in [5, 5.41) is 3.99. The van der Waals surface area contributed by atoms with Crippen LogP contribution in [0.5, 0.6) is 0 Å². The predicted octanol–water partition coefficient (Wildman–Crippen LogP) is 3.74. The Morgan fingerprint density at radius 2 is 1.70 bits per heavy atom. The lowest BCUT2D eigenvalue weighted by Crippen LogP contribution is -2.37. The van der Waals surface area contributed by atoms with Crippen molar-refractivity contribution in [2.45, 2.75) is 12.5 Å². The number of carbonyl (C=O) groups is 1. The highest BCUT2D eigenvalue weighted by Crippen LogP contribution is 2.21. The predicted molar refractivity (Wildman–Crippen MR) is 108 cm³/mol. The second-order valence-corrected chi connectivity index (χ2v) is 6.47. The molecule has 5 nitrogen and oxygen atoms in total. The molecule has 0 aliphatic carbocycles. The number of aromatic nitrogens is 2. The Kier molecular flexibility index (Phi) is 4.68. The maximum Gasteiger partial charge on any atom is 0.241 e. The van der Waals surface area contributed by atoms with E-state index in [0.717, 1.165) is 33.3 Å². The minimum atomic E-state index is -0.621. The van der Waals surface area contributed by atoms with E-state index >= 15 is 0 Å². The van der Waals surface area contributed by atoms with Gasteiger partial charge in [-0.3, -0.25) is 9.78 Å². The van der Waals surface area contributed by atoms with Gasteiger partial charge in [0.25, 0.3) is 0 Å². The first-order valence-electron chi connectivity index (χ1n) is 8.82. The molecule has 5 heteroatoms. The van der Waals surface area contributed by atoms with Crippen molar-refractivity contribution < 1.29 is 4.79 Å². The molecule has 2 heterocycles. The van der Waals surface area contributed by atoms with Crippen LogP contribution in [0.2, 0.25) is 0 Å². The average Bonchev–Trinajstić information content (AvgIpc) is 3.12. The van der Waals surface area contributed by atoms with E-state index in [1.807, 2.05) is 66.9 Å². The number of fused-ring (bicyclic) bond motifs is 1. The first-order valence-corrected chi connectivity index (χ1v) is 8.82. The quantitative estimate of drug-likeness (QED) is 0.509. The van der Waals surface area contributed by atoms with Gasteiger partial charge in [0.15, 0.2) is 0 Å². The van der Waals surface area contributed by atoms with Crippen LogP contribution in [0.25, 0.3) is 22.0 Å². The van der Waals surface area contributed by atoms with Crippen molar-refractivity contribution in [3.05, 3.63) is 84.8 Å². The van der Waals surface area contributed by atoms with Crippen molar-refractivity contribution >= 4 is 22.5 Å². The number of para-hydroxylation sites is 1. The standard InChI is InChI=1S/C22H20N4O/c23-20(13-17-14-25-21-4-2-1-3-19(17)21)22(27)26-18-7-5-15(6-8-18)16-9-11-24-12-10-16/h1-12,14,20,25H,13,23H2,(H,26,27)/t20-/m1/s1. The molecule has 27 heavy (non-hydrogen) atoms. The molecule has 0 fully saturated rings. The minimum Gasteiger partial charge on any atom is -0.361 e. The van der Waals surface area contributed by atoms with Crippen molar-refractivity contribution in [3.63, 3.8) is 0 Å². The molecule has 0 spiro atoms. The van der Waals surface area contributed by atoms with Gasteiger partial charge in [-0.15, -0.1) is 0 Å². The average molecular weight is 356 g/mol. The third-order valence-electron chi connectivity index (χ3n) is 4.62. The van der Waals surface area contributed by atoms with E-state index in [0.29, 0.717) is 6.42 Å². The second-order valence-electron chi connectivity index (χ2n) is 6.47. The molecule has 1 atom stereocenters. The summed E-state index contributed by atoms with van der Waals surface area (Å²) in [6.07, 6.45) is 5.91. The van der Waals surface area contributed by atoms with Gasteiger partial charge in [0.05, 0.1) is 6.04 Å². The van der Waals surface area contributed by atoms with Crippen LogP contribution >= 0.6 is 0 Å².